The minimum atomic E-state index is -3.55. The Morgan fingerprint density at radius 1 is 1.08 bits per heavy atom. The summed E-state index contributed by atoms with van der Waals surface area (Å²) in [5.41, 5.74) is 0.256. The van der Waals surface area contributed by atoms with Crippen LogP contribution in [0.25, 0.3) is 0 Å². The maximum atomic E-state index is 14.2. The Labute approximate surface area is 145 Å². The molecule has 5 nitrogen and oxygen atoms in total. The van der Waals surface area contributed by atoms with Crippen LogP contribution >= 0.6 is 0 Å². The second kappa shape index (κ2) is 6.09. The fraction of sp³-hybridized carbons (Fsp3) is 0.471. The number of halogens is 2. The summed E-state index contributed by atoms with van der Waals surface area (Å²) in [5.74, 6) is -0.553. The van der Waals surface area contributed by atoms with Crippen molar-refractivity contribution in [1.82, 2.24) is 9.19 Å². The maximum Gasteiger partial charge on any atom is 0.258 e. The minimum absolute atomic E-state index is 0.256. The monoisotopic (exact) mass is 367 g/mol. The predicted octanol–water partition coefficient (Wildman–Crippen LogP) is 3.23. The molecule has 0 bridgehead atoms. The van der Waals surface area contributed by atoms with Crippen molar-refractivity contribution in [2.75, 3.05) is 11.4 Å². The van der Waals surface area contributed by atoms with Crippen molar-refractivity contribution in [3.8, 4) is 0 Å². The van der Waals surface area contributed by atoms with Crippen molar-refractivity contribution in [3.63, 3.8) is 0 Å². The molecule has 1 unspecified atom stereocenters. The lowest BCUT2D eigenvalue weighted by molar-refractivity contribution is 0.468. The predicted molar refractivity (Wildman–Crippen MR) is 89.9 cm³/mol. The highest BCUT2D eigenvalue weighted by Gasteiger charge is 2.37. The number of rotatable bonds is 4. The van der Waals surface area contributed by atoms with E-state index in [0.29, 0.717) is 31.6 Å². The van der Waals surface area contributed by atoms with Crippen molar-refractivity contribution in [1.29, 1.82) is 0 Å². The van der Waals surface area contributed by atoms with Crippen molar-refractivity contribution in [2.45, 2.75) is 43.4 Å². The molecule has 0 spiro atoms. The third-order valence-corrected chi connectivity index (χ3v) is 7.25. The largest absolute Gasteiger partial charge is 0.349 e. The third-order valence-electron chi connectivity index (χ3n) is 5.17. The van der Waals surface area contributed by atoms with Crippen molar-refractivity contribution < 1.29 is 17.2 Å². The molecule has 2 aromatic rings. The van der Waals surface area contributed by atoms with E-state index in [1.165, 1.54) is 12.3 Å². The molecular formula is C17H19F2N3O2S. The second-order valence-corrected chi connectivity index (χ2v) is 8.69. The van der Waals surface area contributed by atoms with E-state index in [1.807, 2.05) is 4.90 Å². The first-order chi connectivity index (χ1) is 12.0. The molecule has 4 rings (SSSR count). The molecule has 2 fully saturated rings. The van der Waals surface area contributed by atoms with Gasteiger partial charge in [-0.3, -0.25) is 0 Å². The average Bonchev–Trinajstić information content (AvgIpc) is 3.15. The fourth-order valence-electron chi connectivity index (χ4n) is 3.63. The van der Waals surface area contributed by atoms with Gasteiger partial charge in [0.1, 0.15) is 17.5 Å². The number of aromatic nitrogens is 2. The van der Waals surface area contributed by atoms with Crippen LogP contribution in [-0.4, -0.2) is 29.4 Å². The normalized spacial score (nSPS) is 21.5. The average molecular weight is 367 g/mol. The quantitative estimate of drug-likeness (QED) is 0.833. The lowest BCUT2D eigenvalue weighted by Crippen LogP contribution is -2.36. The van der Waals surface area contributed by atoms with Gasteiger partial charge in [0.15, 0.2) is 0 Å². The number of nitrogens with zero attached hydrogens (tertiary/aromatic N) is 3. The van der Waals surface area contributed by atoms with Gasteiger partial charge in [0, 0.05) is 18.2 Å². The van der Waals surface area contributed by atoms with E-state index in [1.54, 1.807) is 6.07 Å². The molecule has 2 aliphatic rings. The van der Waals surface area contributed by atoms with Gasteiger partial charge in [-0.1, -0.05) is 6.42 Å². The fourth-order valence-corrected chi connectivity index (χ4v) is 5.45. The van der Waals surface area contributed by atoms with Gasteiger partial charge in [0.05, 0.1) is 17.5 Å². The van der Waals surface area contributed by atoms with Gasteiger partial charge in [-0.05, 0) is 43.9 Å². The molecule has 1 aromatic carbocycles. The second-order valence-electron chi connectivity index (χ2n) is 6.65. The zero-order chi connectivity index (χ0) is 17.6. The van der Waals surface area contributed by atoms with E-state index >= 15 is 0 Å². The van der Waals surface area contributed by atoms with Gasteiger partial charge in [-0.15, -0.1) is 4.09 Å². The summed E-state index contributed by atoms with van der Waals surface area (Å²) in [6.07, 6.45) is 5.04. The Morgan fingerprint density at radius 3 is 2.60 bits per heavy atom. The zero-order valence-electron chi connectivity index (χ0n) is 13.6. The van der Waals surface area contributed by atoms with Crippen LogP contribution in [0, 0.1) is 11.6 Å². The molecule has 1 aliphatic heterocycles. The van der Waals surface area contributed by atoms with Crippen LogP contribution in [-0.2, 0) is 10.0 Å². The molecule has 0 radical (unpaired) electrons. The first-order valence-electron chi connectivity index (χ1n) is 8.48. The molecule has 1 saturated heterocycles. The molecule has 25 heavy (non-hydrogen) atoms. The smallest absolute Gasteiger partial charge is 0.258 e. The van der Waals surface area contributed by atoms with Crippen LogP contribution in [0.1, 0.15) is 43.7 Å². The number of hydrogen-bond acceptors (Lipinski definition) is 4. The van der Waals surface area contributed by atoms with Crippen LogP contribution in [0.2, 0.25) is 0 Å². The Hall–Kier alpha value is -1.96. The van der Waals surface area contributed by atoms with Crippen LogP contribution < -0.4 is 4.90 Å². The Morgan fingerprint density at radius 2 is 1.88 bits per heavy atom. The molecule has 1 saturated carbocycles. The van der Waals surface area contributed by atoms with Gasteiger partial charge in [-0.2, -0.15) is 5.10 Å². The summed E-state index contributed by atoms with van der Waals surface area (Å²) in [6, 6.07) is 4.63. The summed E-state index contributed by atoms with van der Waals surface area (Å²) < 4.78 is 54.4. The van der Waals surface area contributed by atoms with Crippen molar-refractivity contribution >= 4 is 15.8 Å². The van der Waals surface area contributed by atoms with Crippen molar-refractivity contribution in [3.05, 3.63) is 47.7 Å². The topological polar surface area (TPSA) is 55.2 Å². The van der Waals surface area contributed by atoms with Crippen LogP contribution in [0.15, 0.2) is 30.5 Å². The number of hydrogen-bond donors (Lipinski definition) is 0. The Balaban J connectivity index is 1.73. The van der Waals surface area contributed by atoms with Gasteiger partial charge < -0.3 is 4.90 Å². The molecule has 8 heteroatoms. The summed E-state index contributed by atoms with van der Waals surface area (Å²) in [5, 5.41) is 3.62. The van der Waals surface area contributed by atoms with Gasteiger partial charge in [0.25, 0.3) is 10.0 Å². The summed E-state index contributed by atoms with van der Waals surface area (Å²) in [7, 11) is -3.55. The number of anilines is 1. The third kappa shape index (κ3) is 2.72. The lowest BCUT2D eigenvalue weighted by atomic mass is 10.0. The summed E-state index contributed by atoms with van der Waals surface area (Å²) >= 11 is 0. The van der Waals surface area contributed by atoms with Crippen LogP contribution in [0.3, 0.4) is 0 Å². The van der Waals surface area contributed by atoms with E-state index in [-0.39, 0.29) is 5.56 Å². The van der Waals surface area contributed by atoms with Gasteiger partial charge in [0.2, 0.25) is 0 Å². The molecule has 1 atom stereocenters. The van der Waals surface area contributed by atoms with E-state index in [4.69, 9.17) is 0 Å². The van der Waals surface area contributed by atoms with Crippen LogP contribution in [0.4, 0.5) is 14.6 Å². The Kier molecular flexibility index (Phi) is 4.02. The summed E-state index contributed by atoms with van der Waals surface area (Å²) in [6.45, 7) is 0.576. The van der Waals surface area contributed by atoms with E-state index in [2.05, 4.69) is 5.10 Å². The Bertz CT molecular complexity index is 893. The van der Waals surface area contributed by atoms with E-state index in [9.17, 15) is 17.2 Å². The van der Waals surface area contributed by atoms with Crippen molar-refractivity contribution in [2.24, 2.45) is 0 Å². The molecule has 0 N–H and O–H groups in total. The highest BCUT2D eigenvalue weighted by atomic mass is 32.2. The molecule has 1 aliphatic carbocycles. The molecule has 134 valence electrons. The summed E-state index contributed by atoms with van der Waals surface area (Å²) in [4.78, 5) is 1.82. The van der Waals surface area contributed by atoms with E-state index in [0.717, 1.165) is 29.1 Å². The standard InChI is InChI=1S/C17H19F2N3O2S/c18-12-6-7-15(19)14(11-12)16-5-2-10-21(16)17-8-9-20-22(17)25(23,24)13-3-1-4-13/h6-9,11,13,16H,1-5,10H2. The first-order valence-corrected chi connectivity index (χ1v) is 9.99. The van der Waals surface area contributed by atoms with Crippen LogP contribution in [0.5, 0.6) is 0 Å². The maximum absolute atomic E-state index is 14.2. The molecule has 2 heterocycles. The molecular weight excluding hydrogens is 348 g/mol. The van der Waals surface area contributed by atoms with Gasteiger partial charge in [-0.25, -0.2) is 17.2 Å². The minimum Gasteiger partial charge on any atom is -0.349 e. The van der Waals surface area contributed by atoms with Gasteiger partial charge >= 0.3 is 0 Å². The highest BCUT2D eigenvalue weighted by molar-refractivity contribution is 7.90. The number of benzene rings is 1. The lowest BCUT2D eigenvalue weighted by Gasteiger charge is -2.30. The van der Waals surface area contributed by atoms with E-state index < -0.39 is 32.9 Å². The molecule has 0 amide bonds. The molecule has 1 aromatic heterocycles. The SMILES string of the molecule is O=S(=O)(C1CCC1)n1nccc1N1CCCC1c1cc(F)ccc1F. The zero-order valence-corrected chi connectivity index (χ0v) is 14.4. The first kappa shape index (κ1) is 16.5. The highest BCUT2D eigenvalue weighted by Crippen LogP contribution is 2.39.